The number of nitrogen functional groups attached to an aromatic ring is 1. The number of azo groups is 1. The van der Waals surface area contributed by atoms with Gasteiger partial charge >= 0.3 is 5.56 Å². The number of aromatic nitrogens is 2. The highest BCUT2D eigenvalue weighted by Gasteiger charge is 2.12. The molecule has 0 fully saturated rings. The number of hydrogen-bond donors (Lipinski definition) is 2. The molecule has 0 saturated heterocycles. The van der Waals surface area contributed by atoms with Crippen molar-refractivity contribution in [3.8, 4) is 16.8 Å². The number of nitrogens with one attached hydrogen (secondary N) is 1. The highest BCUT2D eigenvalue weighted by molar-refractivity contribution is 5.65. The van der Waals surface area contributed by atoms with Crippen LogP contribution in [0, 0.1) is 0 Å². The Morgan fingerprint density at radius 3 is 2.00 bits per heavy atom. The molecule has 0 radical (unpaired) electrons. The Labute approximate surface area is 155 Å². The third-order valence-electron chi connectivity index (χ3n) is 4.15. The van der Waals surface area contributed by atoms with Gasteiger partial charge in [-0.2, -0.15) is 5.11 Å². The molecular weight excluding hydrogens is 338 g/mol. The van der Waals surface area contributed by atoms with E-state index in [4.69, 9.17) is 5.73 Å². The van der Waals surface area contributed by atoms with Gasteiger partial charge in [0.1, 0.15) is 5.82 Å². The highest BCUT2D eigenvalue weighted by atomic mass is 16.1. The average Bonchev–Trinajstić information content (AvgIpc) is 3.02. The molecule has 0 unspecified atom stereocenters. The fourth-order valence-electron chi connectivity index (χ4n) is 2.76. The summed E-state index contributed by atoms with van der Waals surface area (Å²) in [7, 11) is 0. The van der Waals surface area contributed by atoms with Gasteiger partial charge in [0.15, 0.2) is 5.69 Å². The molecule has 0 aliphatic rings. The standard InChI is InChI=1S/C21H17N5O/c22-20-19(21(27)26(25-20)18-9-5-2-6-10-18)24-23-17-13-11-16(12-14-17)15-7-3-1-4-8-15/h1-14,25H,22H2. The number of rotatable bonds is 4. The lowest BCUT2D eigenvalue weighted by Gasteiger charge is -2.00. The maximum atomic E-state index is 12.5. The molecule has 1 aromatic heterocycles. The summed E-state index contributed by atoms with van der Waals surface area (Å²) in [6, 6.07) is 26.9. The summed E-state index contributed by atoms with van der Waals surface area (Å²) < 4.78 is 1.35. The Kier molecular flexibility index (Phi) is 4.37. The molecule has 6 nitrogen and oxygen atoms in total. The first-order valence-corrected chi connectivity index (χ1v) is 8.45. The molecule has 0 saturated carbocycles. The maximum absolute atomic E-state index is 12.5. The molecule has 3 N–H and O–H groups in total. The predicted molar refractivity (Wildman–Crippen MR) is 107 cm³/mol. The van der Waals surface area contributed by atoms with E-state index in [0.717, 1.165) is 11.1 Å². The van der Waals surface area contributed by atoms with Crippen LogP contribution in [0.1, 0.15) is 0 Å². The predicted octanol–water partition coefficient (Wildman–Crippen LogP) is 4.83. The number of para-hydroxylation sites is 1. The summed E-state index contributed by atoms with van der Waals surface area (Å²) in [6.07, 6.45) is 0. The molecule has 3 aromatic carbocycles. The molecule has 0 aliphatic carbocycles. The SMILES string of the molecule is Nc1[nH]n(-c2ccccc2)c(=O)c1N=Nc1ccc(-c2ccccc2)cc1. The second-order valence-electron chi connectivity index (χ2n) is 5.96. The molecule has 4 aromatic rings. The fraction of sp³-hybridized carbons (Fsp3) is 0. The second-order valence-corrected chi connectivity index (χ2v) is 5.96. The van der Waals surface area contributed by atoms with Crippen molar-refractivity contribution in [3.05, 3.63) is 95.3 Å². The molecule has 0 spiro atoms. The number of hydrogen-bond acceptors (Lipinski definition) is 4. The number of nitrogens with two attached hydrogens (primary N) is 1. The van der Waals surface area contributed by atoms with Gasteiger partial charge in [0.25, 0.3) is 0 Å². The Morgan fingerprint density at radius 2 is 1.33 bits per heavy atom. The smallest absolute Gasteiger partial charge is 0.301 e. The van der Waals surface area contributed by atoms with Crippen LogP contribution in [0.3, 0.4) is 0 Å². The first-order chi connectivity index (χ1) is 13.2. The third kappa shape index (κ3) is 3.41. The van der Waals surface area contributed by atoms with E-state index in [0.29, 0.717) is 11.4 Å². The van der Waals surface area contributed by atoms with Gasteiger partial charge in [-0.3, -0.25) is 9.89 Å². The summed E-state index contributed by atoms with van der Waals surface area (Å²) in [4.78, 5) is 12.5. The van der Waals surface area contributed by atoms with Gasteiger partial charge in [0.2, 0.25) is 0 Å². The molecule has 0 atom stereocenters. The summed E-state index contributed by atoms with van der Waals surface area (Å²) in [5, 5.41) is 11.0. The van der Waals surface area contributed by atoms with Crippen molar-refractivity contribution in [2.45, 2.75) is 0 Å². The van der Waals surface area contributed by atoms with E-state index in [-0.39, 0.29) is 17.1 Å². The average molecular weight is 355 g/mol. The van der Waals surface area contributed by atoms with Crippen molar-refractivity contribution in [2.24, 2.45) is 10.2 Å². The molecule has 0 aliphatic heterocycles. The molecule has 132 valence electrons. The summed E-state index contributed by atoms with van der Waals surface area (Å²) >= 11 is 0. The minimum absolute atomic E-state index is 0.0889. The number of H-pyrrole nitrogens is 1. The Balaban J connectivity index is 1.60. The van der Waals surface area contributed by atoms with E-state index < -0.39 is 0 Å². The van der Waals surface area contributed by atoms with Crippen molar-refractivity contribution < 1.29 is 0 Å². The lowest BCUT2D eigenvalue weighted by atomic mass is 10.1. The van der Waals surface area contributed by atoms with Crippen molar-refractivity contribution in [1.29, 1.82) is 0 Å². The lowest BCUT2D eigenvalue weighted by Crippen LogP contribution is -2.13. The van der Waals surface area contributed by atoms with Crippen molar-refractivity contribution in [2.75, 3.05) is 5.73 Å². The Hall–Kier alpha value is -3.93. The maximum Gasteiger partial charge on any atom is 0.301 e. The van der Waals surface area contributed by atoms with Crippen molar-refractivity contribution >= 4 is 17.2 Å². The molecule has 6 heteroatoms. The number of nitrogens with zero attached hydrogens (tertiary/aromatic N) is 3. The summed E-state index contributed by atoms with van der Waals surface area (Å²) in [5.41, 5.74) is 9.19. The van der Waals surface area contributed by atoms with E-state index in [9.17, 15) is 4.79 Å². The van der Waals surface area contributed by atoms with Crippen LogP contribution in [-0.4, -0.2) is 9.78 Å². The topological polar surface area (TPSA) is 88.5 Å². The highest BCUT2D eigenvalue weighted by Crippen LogP contribution is 2.24. The summed E-state index contributed by atoms with van der Waals surface area (Å²) in [6.45, 7) is 0. The van der Waals surface area contributed by atoms with Crippen LogP contribution in [0.4, 0.5) is 17.2 Å². The van der Waals surface area contributed by atoms with Gasteiger partial charge in [-0.25, -0.2) is 4.68 Å². The van der Waals surface area contributed by atoms with Crippen LogP contribution in [0.5, 0.6) is 0 Å². The number of aromatic amines is 1. The number of benzene rings is 3. The summed E-state index contributed by atoms with van der Waals surface area (Å²) in [5.74, 6) is 0.175. The van der Waals surface area contributed by atoms with Crippen LogP contribution in [0.2, 0.25) is 0 Å². The van der Waals surface area contributed by atoms with Crippen LogP contribution in [0.25, 0.3) is 16.8 Å². The lowest BCUT2D eigenvalue weighted by molar-refractivity contribution is 0.853. The van der Waals surface area contributed by atoms with Gasteiger partial charge in [0, 0.05) is 0 Å². The van der Waals surface area contributed by atoms with Gasteiger partial charge in [0.05, 0.1) is 11.4 Å². The zero-order valence-electron chi connectivity index (χ0n) is 14.4. The van der Waals surface area contributed by atoms with Crippen LogP contribution < -0.4 is 11.3 Å². The van der Waals surface area contributed by atoms with Crippen LogP contribution in [0.15, 0.2) is 100.0 Å². The first-order valence-electron chi connectivity index (χ1n) is 8.45. The molecule has 0 bridgehead atoms. The molecule has 4 rings (SSSR count). The molecular formula is C21H17N5O. The monoisotopic (exact) mass is 355 g/mol. The van der Waals surface area contributed by atoms with Gasteiger partial charge < -0.3 is 5.73 Å². The van der Waals surface area contributed by atoms with Gasteiger partial charge in [-0.1, -0.05) is 60.7 Å². The van der Waals surface area contributed by atoms with E-state index in [1.54, 1.807) is 12.1 Å². The van der Waals surface area contributed by atoms with Gasteiger partial charge in [-0.15, -0.1) is 5.11 Å². The van der Waals surface area contributed by atoms with Gasteiger partial charge in [-0.05, 0) is 35.4 Å². The second kappa shape index (κ2) is 7.13. The van der Waals surface area contributed by atoms with E-state index in [2.05, 4.69) is 15.3 Å². The molecule has 1 heterocycles. The minimum Gasteiger partial charge on any atom is -0.382 e. The third-order valence-corrected chi connectivity index (χ3v) is 4.15. The van der Waals surface area contributed by atoms with Crippen molar-refractivity contribution in [1.82, 2.24) is 9.78 Å². The minimum atomic E-state index is -0.344. The largest absolute Gasteiger partial charge is 0.382 e. The van der Waals surface area contributed by atoms with Crippen LogP contribution in [-0.2, 0) is 0 Å². The fourth-order valence-corrected chi connectivity index (χ4v) is 2.76. The van der Waals surface area contributed by atoms with Crippen LogP contribution >= 0.6 is 0 Å². The Bertz CT molecular complexity index is 1130. The normalized spacial score (nSPS) is 11.1. The zero-order valence-corrected chi connectivity index (χ0v) is 14.4. The van der Waals surface area contributed by atoms with E-state index >= 15 is 0 Å². The molecule has 0 amide bonds. The van der Waals surface area contributed by atoms with E-state index in [1.165, 1.54) is 4.68 Å². The van der Waals surface area contributed by atoms with Crippen molar-refractivity contribution in [3.63, 3.8) is 0 Å². The first kappa shape index (κ1) is 16.5. The zero-order chi connectivity index (χ0) is 18.6. The molecule has 27 heavy (non-hydrogen) atoms. The quantitative estimate of drug-likeness (QED) is 0.514. The number of anilines is 1. The Morgan fingerprint density at radius 1 is 0.741 bits per heavy atom. The van der Waals surface area contributed by atoms with E-state index in [1.807, 2.05) is 72.8 Å².